The van der Waals surface area contributed by atoms with Crippen molar-refractivity contribution in [2.75, 3.05) is 24.2 Å². The van der Waals surface area contributed by atoms with Crippen molar-refractivity contribution in [3.8, 4) is 0 Å². The summed E-state index contributed by atoms with van der Waals surface area (Å²) in [6.07, 6.45) is 2.24. The molecule has 0 heterocycles. The number of benzene rings is 1. The molecule has 4 heteroatoms. The number of hydrogen-bond donors (Lipinski definition) is 2. The Hall–Kier alpha value is -1.71. The molecule has 92 valence electrons. The molecule has 1 fully saturated rings. The molecule has 0 spiro atoms. The lowest BCUT2D eigenvalue weighted by Gasteiger charge is -2.21. The normalized spacial score (nSPS) is 14.5. The smallest absolute Gasteiger partial charge is 0.239 e. The second-order valence-electron chi connectivity index (χ2n) is 4.74. The van der Waals surface area contributed by atoms with E-state index in [0.717, 1.165) is 29.8 Å². The Kier molecular flexibility index (Phi) is 3.22. The number of nitrogen functional groups attached to an aromatic ring is 1. The molecule has 1 aromatic rings. The van der Waals surface area contributed by atoms with Crippen LogP contribution in [0, 0.1) is 6.92 Å². The lowest BCUT2D eigenvalue weighted by atomic mass is 10.1. The van der Waals surface area contributed by atoms with Crippen LogP contribution >= 0.6 is 0 Å². The number of carbonyl (C=O) groups excluding carboxylic acids is 1. The first-order valence-electron chi connectivity index (χ1n) is 5.93. The van der Waals surface area contributed by atoms with Crippen molar-refractivity contribution < 1.29 is 4.79 Å². The van der Waals surface area contributed by atoms with E-state index in [1.54, 1.807) is 0 Å². The molecule has 3 N–H and O–H groups in total. The van der Waals surface area contributed by atoms with E-state index in [1.807, 2.05) is 37.1 Å². The van der Waals surface area contributed by atoms with Crippen molar-refractivity contribution in [1.29, 1.82) is 0 Å². The number of anilines is 2. The van der Waals surface area contributed by atoms with Crippen molar-refractivity contribution in [3.63, 3.8) is 0 Å². The molecule has 1 amide bonds. The second kappa shape index (κ2) is 4.65. The summed E-state index contributed by atoms with van der Waals surface area (Å²) >= 11 is 0. The standard InChI is InChI=1S/C13H19N3O/c1-9-7-10(14)3-6-12(9)16(2)8-13(17)15-11-4-5-11/h3,6-7,11H,4-5,8,14H2,1-2H3,(H,15,17). The summed E-state index contributed by atoms with van der Waals surface area (Å²) in [4.78, 5) is 13.6. The van der Waals surface area contributed by atoms with E-state index in [9.17, 15) is 4.79 Å². The number of likely N-dealkylation sites (N-methyl/N-ethyl adjacent to an activating group) is 1. The number of aryl methyl sites for hydroxylation is 1. The minimum atomic E-state index is 0.0891. The summed E-state index contributed by atoms with van der Waals surface area (Å²) < 4.78 is 0. The Morgan fingerprint density at radius 3 is 2.82 bits per heavy atom. The molecule has 1 aliphatic carbocycles. The highest BCUT2D eigenvalue weighted by molar-refractivity contribution is 5.82. The van der Waals surface area contributed by atoms with Gasteiger partial charge in [-0.3, -0.25) is 4.79 Å². The van der Waals surface area contributed by atoms with Gasteiger partial charge in [0.05, 0.1) is 6.54 Å². The minimum Gasteiger partial charge on any atom is -0.399 e. The van der Waals surface area contributed by atoms with E-state index in [2.05, 4.69) is 5.32 Å². The number of hydrogen-bond acceptors (Lipinski definition) is 3. The predicted octanol–water partition coefficient (Wildman–Crippen LogP) is 1.29. The first-order chi connectivity index (χ1) is 8.06. The molecule has 1 saturated carbocycles. The molecular weight excluding hydrogens is 214 g/mol. The summed E-state index contributed by atoms with van der Waals surface area (Å²) in [5, 5.41) is 2.98. The molecule has 0 aromatic heterocycles. The third kappa shape index (κ3) is 3.12. The second-order valence-corrected chi connectivity index (χ2v) is 4.74. The molecule has 0 aliphatic heterocycles. The van der Waals surface area contributed by atoms with Gasteiger partial charge in [0.1, 0.15) is 0 Å². The zero-order chi connectivity index (χ0) is 12.4. The number of nitrogens with one attached hydrogen (secondary N) is 1. The van der Waals surface area contributed by atoms with Crippen LogP contribution in [0.2, 0.25) is 0 Å². The monoisotopic (exact) mass is 233 g/mol. The Morgan fingerprint density at radius 1 is 1.53 bits per heavy atom. The fraction of sp³-hybridized carbons (Fsp3) is 0.462. The van der Waals surface area contributed by atoms with Crippen LogP contribution in [0.4, 0.5) is 11.4 Å². The van der Waals surface area contributed by atoms with Gasteiger partial charge in [0.25, 0.3) is 0 Å². The predicted molar refractivity (Wildman–Crippen MR) is 70.0 cm³/mol. The number of carbonyl (C=O) groups is 1. The van der Waals surface area contributed by atoms with E-state index >= 15 is 0 Å². The summed E-state index contributed by atoms with van der Waals surface area (Å²) in [7, 11) is 1.92. The molecule has 0 atom stereocenters. The van der Waals surface area contributed by atoms with Gasteiger partial charge >= 0.3 is 0 Å². The van der Waals surface area contributed by atoms with E-state index in [0.29, 0.717) is 12.6 Å². The molecule has 4 nitrogen and oxygen atoms in total. The van der Waals surface area contributed by atoms with Gasteiger partial charge in [0.2, 0.25) is 5.91 Å². The molecular formula is C13H19N3O. The van der Waals surface area contributed by atoms with Gasteiger partial charge in [-0.05, 0) is 43.5 Å². The van der Waals surface area contributed by atoms with Crippen LogP contribution in [-0.2, 0) is 4.79 Å². The van der Waals surface area contributed by atoms with Crippen LogP contribution < -0.4 is 16.0 Å². The number of amides is 1. The van der Waals surface area contributed by atoms with Crippen molar-refractivity contribution in [3.05, 3.63) is 23.8 Å². The Bertz CT molecular complexity index is 427. The van der Waals surface area contributed by atoms with E-state index in [4.69, 9.17) is 5.73 Å². The maximum atomic E-state index is 11.7. The fourth-order valence-electron chi connectivity index (χ4n) is 1.91. The van der Waals surface area contributed by atoms with Crippen LogP contribution in [0.15, 0.2) is 18.2 Å². The third-order valence-electron chi connectivity index (χ3n) is 2.96. The Balaban J connectivity index is 1.97. The van der Waals surface area contributed by atoms with Crippen molar-refractivity contribution in [2.24, 2.45) is 0 Å². The van der Waals surface area contributed by atoms with Gasteiger partial charge < -0.3 is 16.0 Å². The van der Waals surface area contributed by atoms with Crippen LogP contribution in [0.3, 0.4) is 0 Å². The lowest BCUT2D eigenvalue weighted by Crippen LogP contribution is -2.36. The van der Waals surface area contributed by atoms with Gasteiger partial charge in [-0.1, -0.05) is 0 Å². The minimum absolute atomic E-state index is 0.0891. The molecule has 2 rings (SSSR count). The maximum absolute atomic E-state index is 11.7. The average molecular weight is 233 g/mol. The molecule has 17 heavy (non-hydrogen) atoms. The fourth-order valence-corrected chi connectivity index (χ4v) is 1.91. The average Bonchev–Trinajstić information content (AvgIpc) is 3.00. The van der Waals surface area contributed by atoms with E-state index < -0.39 is 0 Å². The zero-order valence-electron chi connectivity index (χ0n) is 10.4. The SMILES string of the molecule is Cc1cc(N)ccc1N(C)CC(=O)NC1CC1. The number of nitrogens with zero attached hydrogens (tertiary/aromatic N) is 1. The number of nitrogens with two attached hydrogens (primary N) is 1. The Morgan fingerprint density at radius 2 is 2.24 bits per heavy atom. The van der Waals surface area contributed by atoms with E-state index in [-0.39, 0.29) is 5.91 Å². The molecule has 1 aromatic carbocycles. The van der Waals surface area contributed by atoms with Gasteiger partial charge in [-0.2, -0.15) is 0 Å². The quantitative estimate of drug-likeness (QED) is 0.770. The summed E-state index contributed by atoms with van der Waals surface area (Å²) in [5.74, 6) is 0.0891. The van der Waals surface area contributed by atoms with Gasteiger partial charge in [0, 0.05) is 24.5 Å². The highest BCUT2D eigenvalue weighted by atomic mass is 16.2. The molecule has 1 aliphatic rings. The lowest BCUT2D eigenvalue weighted by molar-refractivity contribution is -0.119. The van der Waals surface area contributed by atoms with Gasteiger partial charge in [-0.15, -0.1) is 0 Å². The largest absolute Gasteiger partial charge is 0.399 e. The molecule has 0 saturated heterocycles. The third-order valence-corrected chi connectivity index (χ3v) is 2.96. The van der Waals surface area contributed by atoms with Crippen LogP contribution in [0.25, 0.3) is 0 Å². The van der Waals surface area contributed by atoms with Gasteiger partial charge in [0.15, 0.2) is 0 Å². The van der Waals surface area contributed by atoms with E-state index in [1.165, 1.54) is 0 Å². The van der Waals surface area contributed by atoms with Crippen molar-refractivity contribution in [2.45, 2.75) is 25.8 Å². The van der Waals surface area contributed by atoms with Crippen LogP contribution in [0.5, 0.6) is 0 Å². The Labute approximate surface area is 102 Å². The topological polar surface area (TPSA) is 58.4 Å². The molecule has 0 radical (unpaired) electrons. The number of rotatable bonds is 4. The molecule has 0 unspecified atom stereocenters. The summed E-state index contributed by atoms with van der Waals surface area (Å²) in [5.41, 5.74) is 8.59. The highest BCUT2D eigenvalue weighted by Crippen LogP contribution is 2.21. The summed E-state index contributed by atoms with van der Waals surface area (Å²) in [6.45, 7) is 2.39. The van der Waals surface area contributed by atoms with Gasteiger partial charge in [-0.25, -0.2) is 0 Å². The summed E-state index contributed by atoms with van der Waals surface area (Å²) in [6, 6.07) is 6.15. The van der Waals surface area contributed by atoms with Crippen molar-refractivity contribution >= 4 is 17.3 Å². The first kappa shape index (κ1) is 11.8. The molecule has 0 bridgehead atoms. The zero-order valence-corrected chi connectivity index (χ0v) is 10.4. The first-order valence-corrected chi connectivity index (χ1v) is 5.93. The highest BCUT2D eigenvalue weighted by Gasteiger charge is 2.23. The van der Waals surface area contributed by atoms with Crippen LogP contribution in [0.1, 0.15) is 18.4 Å². The van der Waals surface area contributed by atoms with Crippen LogP contribution in [-0.4, -0.2) is 25.5 Å². The van der Waals surface area contributed by atoms with Crippen molar-refractivity contribution in [1.82, 2.24) is 5.32 Å². The maximum Gasteiger partial charge on any atom is 0.239 e.